The van der Waals surface area contributed by atoms with Crippen LogP contribution in [0.2, 0.25) is 0 Å². The van der Waals surface area contributed by atoms with Crippen molar-refractivity contribution in [1.29, 1.82) is 0 Å². The van der Waals surface area contributed by atoms with Crippen LogP contribution < -0.4 is 5.56 Å². The molecule has 0 bridgehead atoms. The summed E-state index contributed by atoms with van der Waals surface area (Å²) in [5.41, 5.74) is -0.153. The van der Waals surface area contributed by atoms with Crippen molar-refractivity contribution in [1.82, 2.24) is 9.55 Å². The third-order valence-electron chi connectivity index (χ3n) is 3.23. The third-order valence-corrected chi connectivity index (χ3v) is 3.23. The Labute approximate surface area is 99.1 Å². The van der Waals surface area contributed by atoms with Crippen LogP contribution >= 0.6 is 0 Å². The van der Waals surface area contributed by atoms with Gasteiger partial charge in [-0.25, -0.2) is 9.78 Å². The third kappa shape index (κ3) is 1.97. The van der Waals surface area contributed by atoms with E-state index in [1.165, 1.54) is 4.57 Å². The van der Waals surface area contributed by atoms with Crippen LogP contribution in [-0.4, -0.2) is 20.6 Å². The number of aromatic carboxylic acids is 1. The van der Waals surface area contributed by atoms with Crippen molar-refractivity contribution in [2.24, 2.45) is 5.92 Å². The van der Waals surface area contributed by atoms with Gasteiger partial charge in [-0.2, -0.15) is 0 Å². The zero-order chi connectivity index (χ0) is 12.6. The summed E-state index contributed by atoms with van der Waals surface area (Å²) in [7, 11) is 0. The summed E-state index contributed by atoms with van der Waals surface area (Å²) in [6.45, 7) is 4.45. The van der Waals surface area contributed by atoms with Crippen molar-refractivity contribution < 1.29 is 9.90 Å². The molecule has 0 saturated carbocycles. The largest absolute Gasteiger partial charge is 0.477 e. The summed E-state index contributed by atoms with van der Waals surface area (Å²) in [6.07, 6.45) is 2.23. The van der Waals surface area contributed by atoms with E-state index in [2.05, 4.69) is 11.9 Å². The van der Waals surface area contributed by atoms with Gasteiger partial charge in [0.2, 0.25) is 0 Å². The summed E-state index contributed by atoms with van der Waals surface area (Å²) >= 11 is 0. The molecule has 0 radical (unpaired) electrons. The van der Waals surface area contributed by atoms with E-state index >= 15 is 0 Å². The van der Waals surface area contributed by atoms with E-state index in [1.807, 2.05) is 6.92 Å². The van der Waals surface area contributed by atoms with Crippen LogP contribution in [-0.2, 0) is 19.4 Å². The molecule has 0 aromatic carbocycles. The lowest BCUT2D eigenvalue weighted by molar-refractivity contribution is 0.0691. The fourth-order valence-electron chi connectivity index (χ4n) is 2.28. The molecule has 0 aliphatic carbocycles. The summed E-state index contributed by atoms with van der Waals surface area (Å²) in [4.78, 5) is 27.6. The smallest absolute Gasteiger partial charge is 0.343 e. The number of hydrogen-bond acceptors (Lipinski definition) is 3. The predicted molar refractivity (Wildman–Crippen MR) is 62.3 cm³/mol. The molecule has 1 aliphatic heterocycles. The van der Waals surface area contributed by atoms with Crippen LogP contribution in [0.15, 0.2) is 4.79 Å². The van der Waals surface area contributed by atoms with Crippen molar-refractivity contribution in [3.63, 3.8) is 0 Å². The Kier molecular flexibility index (Phi) is 3.00. The Balaban J connectivity index is 2.66. The molecular weight excluding hydrogens is 220 g/mol. The van der Waals surface area contributed by atoms with Crippen LogP contribution in [0, 0.1) is 5.92 Å². The normalized spacial score (nSPS) is 18.8. The number of hydrogen-bond donors (Lipinski definition) is 1. The monoisotopic (exact) mass is 236 g/mol. The van der Waals surface area contributed by atoms with E-state index in [4.69, 9.17) is 5.11 Å². The van der Waals surface area contributed by atoms with Gasteiger partial charge in [0.25, 0.3) is 5.56 Å². The molecule has 1 aliphatic rings. The minimum Gasteiger partial charge on any atom is -0.477 e. The number of fused-ring (bicyclic) bond motifs is 1. The van der Waals surface area contributed by atoms with Gasteiger partial charge in [0, 0.05) is 13.0 Å². The zero-order valence-corrected chi connectivity index (χ0v) is 10.1. The molecule has 17 heavy (non-hydrogen) atoms. The van der Waals surface area contributed by atoms with Gasteiger partial charge in [-0.15, -0.1) is 0 Å². The second kappa shape index (κ2) is 4.31. The summed E-state index contributed by atoms with van der Waals surface area (Å²) in [5.74, 6) is -0.0426. The van der Waals surface area contributed by atoms with Gasteiger partial charge in [0.05, 0.1) is 5.69 Å². The molecule has 0 fully saturated rings. The standard InChI is InChI=1S/C12H16N2O3/c1-3-8-10(12(16)17)11(15)14-6-7(2)4-5-9(14)13-8/h7H,3-6H2,1-2H3,(H,16,17). The zero-order valence-electron chi connectivity index (χ0n) is 10.1. The van der Waals surface area contributed by atoms with Crippen LogP contribution in [0.4, 0.5) is 0 Å². The summed E-state index contributed by atoms with van der Waals surface area (Å²) in [6, 6.07) is 0. The van der Waals surface area contributed by atoms with Crippen LogP contribution in [0.25, 0.3) is 0 Å². The molecule has 0 amide bonds. The number of carboxylic acid groups (broad SMARTS) is 1. The van der Waals surface area contributed by atoms with E-state index < -0.39 is 11.5 Å². The Bertz CT molecular complexity index is 519. The maximum atomic E-state index is 12.1. The van der Waals surface area contributed by atoms with E-state index in [-0.39, 0.29) is 5.56 Å². The Morgan fingerprint density at radius 3 is 2.88 bits per heavy atom. The fraction of sp³-hybridized carbons (Fsp3) is 0.583. The van der Waals surface area contributed by atoms with Crippen LogP contribution in [0.5, 0.6) is 0 Å². The minimum atomic E-state index is -1.17. The molecule has 1 aromatic rings. The molecular formula is C12H16N2O3. The maximum Gasteiger partial charge on any atom is 0.343 e. The molecule has 92 valence electrons. The van der Waals surface area contributed by atoms with Gasteiger partial charge in [-0.05, 0) is 18.8 Å². The first kappa shape index (κ1) is 11.8. The quantitative estimate of drug-likeness (QED) is 0.834. The highest BCUT2D eigenvalue weighted by Gasteiger charge is 2.24. The highest BCUT2D eigenvalue weighted by atomic mass is 16.4. The second-order valence-corrected chi connectivity index (χ2v) is 4.57. The lowest BCUT2D eigenvalue weighted by atomic mass is 10.0. The topological polar surface area (TPSA) is 72.2 Å². The average molecular weight is 236 g/mol. The van der Waals surface area contributed by atoms with Crippen molar-refractivity contribution in [2.75, 3.05) is 0 Å². The first-order valence-corrected chi connectivity index (χ1v) is 5.90. The van der Waals surface area contributed by atoms with Gasteiger partial charge >= 0.3 is 5.97 Å². The van der Waals surface area contributed by atoms with Gasteiger partial charge in [-0.1, -0.05) is 13.8 Å². The Morgan fingerprint density at radius 1 is 1.59 bits per heavy atom. The molecule has 2 rings (SSSR count). The Hall–Kier alpha value is -1.65. The molecule has 1 unspecified atom stereocenters. The van der Waals surface area contributed by atoms with Crippen LogP contribution in [0.3, 0.4) is 0 Å². The fourth-order valence-corrected chi connectivity index (χ4v) is 2.28. The van der Waals surface area contributed by atoms with E-state index in [1.54, 1.807) is 0 Å². The lowest BCUT2D eigenvalue weighted by Gasteiger charge is -2.23. The molecule has 1 N–H and O–H groups in total. The lowest BCUT2D eigenvalue weighted by Crippen LogP contribution is -2.36. The number of aromatic nitrogens is 2. The van der Waals surface area contributed by atoms with Gasteiger partial charge in [0.1, 0.15) is 11.4 Å². The first-order chi connectivity index (χ1) is 8.04. The van der Waals surface area contributed by atoms with E-state index in [0.717, 1.165) is 18.7 Å². The van der Waals surface area contributed by atoms with E-state index in [9.17, 15) is 9.59 Å². The summed E-state index contributed by atoms with van der Waals surface area (Å²) in [5, 5.41) is 9.09. The second-order valence-electron chi connectivity index (χ2n) is 4.57. The highest BCUT2D eigenvalue weighted by Crippen LogP contribution is 2.17. The van der Waals surface area contributed by atoms with Gasteiger partial charge in [-0.3, -0.25) is 9.36 Å². The van der Waals surface area contributed by atoms with Crippen molar-refractivity contribution in [3.8, 4) is 0 Å². The van der Waals surface area contributed by atoms with Gasteiger partial charge in [0.15, 0.2) is 0 Å². The van der Waals surface area contributed by atoms with Crippen LogP contribution in [0.1, 0.15) is 42.1 Å². The average Bonchev–Trinajstić information content (AvgIpc) is 2.29. The number of aryl methyl sites for hydroxylation is 2. The Morgan fingerprint density at radius 2 is 2.29 bits per heavy atom. The van der Waals surface area contributed by atoms with Gasteiger partial charge < -0.3 is 5.11 Å². The number of rotatable bonds is 2. The molecule has 5 nitrogen and oxygen atoms in total. The van der Waals surface area contributed by atoms with Crippen molar-refractivity contribution in [2.45, 2.75) is 39.7 Å². The molecule has 0 spiro atoms. The minimum absolute atomic E-state index is 0.162. The molecule has 2 heterocycles. The number of nitrogens with zero attached hydrogens (tertiary/aromatic N) is 2. The molecule has 1 aromatic heterocycles. The predicted octanol–water partition coefficient (Wildman–Crippen LogP) is 1.09. The SMILES string of the molecule is CCc1nc2n(c(=O)c1C(=O)O)CC(C)CC2. The van der Waals surface area contributed by atoms with Crippen molar-refractivity contribution >= 4 is 5.97 Å². The van der Waals surface area contributed by atoms with Crippen molar-refractivity contribution in [3.05, 3.63) is 27.4 Å². The number of carbonyl (C=O) groups is 1. The maximum absolute atomic E-state index is 12.1. The van der Waals surface area contributed by atoms with E-state index in [0.29, 0.717) is 24.6 Å². The highest BCUT2D eigenvalue weighted by molar-refractivity contribution is 5.88. The molecule has 1 atom stereocenters. The molecule has 5 heteroatoms. The first-order valence-electron chi connectivity index (χ1n) is 5.90. The molecule has 0 saturated heterocycles. The number of carboxylic acids is 1. The summed E-state index contributed by atoms with van der Waals surface area (Å²) < 4.78 is 1.52.